The molecule has 0 saturated heterocycles. The van der Waals surface area contributed by atoms with Crippen molar-refractivity contribution in [1.82, 2.24) is 9.78 Å². The highest BCUT2D eigenvalue weighted by atomic mass is 32.2. The number of primary sulfonamides is 1. The van der Waals surface area contributed by atoms with Crippen molar-refractivity contribution in [2.75, 3.05) is 0 Å². The van der Waals surface area contributed by atoms with Gasteiger partial charge in [-0.1, -0.05) is 24.3 Å². The number of benzene rings is 2. The van der Waals surface area contributed by atoms with Crippen molar-refractivity contribution < 1.29 is 26.0 Å². The first kappa shape index (κ1) is 20.0. The third kappa shape index (κ3) is 3.65. The number of hydrogen-bond donors (Lipinski definition) is 1. The smallest absolute Gasteiger partial charge is 0.262 e. The van der Waals surface area contributed by atoms with Crippen molar-refractivity contribution in [1.29, 1.82) is 0 Å². The van der Waals surface area contributed by atoms with Gasteiger partial charge in [-0.15, -0.1) is 0 Å². The number of hydrogen-bond acceptors (Lipinski definition) is 3. The lowest BCUT2D eigenvalue weighted by molar-refractivity contribution is -0.143. The average molecular weight is 413 g/mol. The Balaban J connectivity index is 2.29. The van der Waals surface area contributed by atoms with Crippen LogP contribution in [0.1, 0.15) is 11.3 Å². The van der Waals surface area contributed by atoms with E-state index in [-0.39, 0.29) is 27.3 Å². The van der Waals surface area contributed by atoms with Crippen LogP contribution in [-0.4, -0.2) is 18.2 Å². The van der Waals surface area contributed by atoms with Gasteiger partial charge in [0.1, 0.15) is 11.5 Å². The quantitative estimate of drug-likeness (QED) is 0.662. The summed E-state index contributed by atoms with van der Waals surface area (Å²) in [6, 6.07) is 8.73. The molecule has 0 saturated carbocycles. The van der Waals surface area contributed by atoms with Gasteiger partial charge in [-0.2, -0.15) is 18.3 Å². The van der Waals surface area contributed by atoms with Gasteiger partial charge in [-0.3, -0.25) is 4.68 Å². The van der Waals surface area contributed by atoms with Gasteiger partial charge in [0.05, 0.1) is 4.90 Å². The van der Waals surface area contributed by atoms with Crippen LogP contribution in [0.25, 0.3) is 22.4 Å². The van der Waals surface area contributed by atoms with E-state index in [9.17, 15) is 26.0 Å². The number of halogens is 4. The molecule has 0 aliphatic rings. The van der Waals surface area contributed by atoms with Crippen LogP contribution in [0.5, 0.6) is 0 Å². The summed E-state index contributed by atoms with van der Waals surface area (Å²) in [5, 5.41) is 9.01. The standard InChI is InChI=1S/C18H15F4N3O2S/c1-10-3-4-12(9-14(10)19)15-16(24-25(2)17(15)18(20,21)22)11-5-7-13(8-6-11)28(23,26)27/h3-9H,1-2H3,(H2,23,26,27). The van der Waals surface area contributed by atoms with Gasteiger partial charge in [0.2, 0.25) is 10.0 Å². The third-order valence-electron chi connectivity index (χ3n) is 4.23. The Hall–Kier alpha value is -2.72. The molecule has 0 unspecified atom stereocenters. The first-order chi connectivity index (χ1) is 12.9. The molecule has 0 bridgehead atoms. The maximum absolute atomic E-state index is 14.0. The molecule has 0 aliphatic carbocycles. The molecule has 2 aromatic carbocycles. The molecule has 0 aliphatic heterocycles. The summed E-state index contributed by atoms with van der Waals surface area (Å²) in [6.07, 6.45) is -4.74. The highest BCUT2D eigenvalue weighted by Gasteiger charge is 2.40. The number of nitrogens with zero attached hydrogens (tertiary/aromatic N) is 2. The lowest BCUT2D eigenvalue weighted by atomic mass is 9.97. The lowest BCUT2D eigenvalue weighted by Gasteiger charge is -2.11. The van der Waals surface area contributed by atoms with Gasteiger partial charge >= 0.3 is 6.18 Å². The van der Waals surface area contributed by atoms with Crippen molar-refractivity contribution in [2.24, 2.45) is 12.2 Å². The van der Waals surface area contributed by atoms with Crippen molar-refractivity contribution in [2.45, 2.75) is 18.0 Å². The Bertz CT molecular complexity index is 1150. The van der Waals surface area contributed by atoms with E-state index in [0.717, 1.165) is 13.1 Å². The van der Waals surface area contributed by atoms with Crippen LogP contribution < -0.4 is 5.14 Å². The summed E-state index contributed by atoms with van der Waals surface area (Å²) in [6.45, 7) is 1.50. The van der Waals surface area contributed by atoms with Gasteiger partial charge in [0.25, 0.3) is 0 Å². The van der Waals surface area contributed by atoms with Crippen LogP contribution >= 0.6 is 0 Å². The van der Waals surface area contributed by atoms with Crippen molar-refractivity contribution >= 4 is 10.0 Å². The zero-order chi connectivity index (χ0) is 20.9. The zero-order valence-electron chi connectivity index (χ0n) is 14.7. The molecule has 28 heavy (non-hydrogen) atoms. The van der Waals surface area contributed by atoms with E-state index in [1.165, 1.54) is 43.3 Å². The summed E-state index contributed by atoms with van der Waals surface area (Å²) in [4.78, 5) is -0.189. The van der Waals surface area contributed by atoms with E-state index in [2.05, 4.69) is 5.10 Å². The molecule has 5 nitrogen and oxygen atoms in total. The average Bonchev–Trinajstić information content (AvgIpc) is 2.94. The predicted octanol–water partition coefficient (Wildman–Crippen LogP) is 3.87. The number of aromatic nitrogens is 2. The molecule has 1 heterocycles. The van der Waals surface area contributed by atoms with E-state index in [4.69, 9.17) is 5.14 Å². The van der Waals surface area contributed by atoms with Gasteiger partial charge in [-0.05, 0) is 36.2 Å². The fourth-order valence-electron chi connectivity index (χ4n) is 2.88. The van der Waals surface area contributed by atoms with E-state index in [1.54, 1.807) is 0 Å². The molecular weight excluding hydrogens is 398 g/mol. The molecule has 0 amide bonds. The Labute approximate surface area is 158 Å². The molecule has 10 heteroatoms. The van der Waals surface area contributed by atoms with Crippen molar-refractivity contribution in [3.8, 4) is 22.4 Å². The summed E-state index contributed by atoms with van der Waals surface area (Å²) in [7, 11) is -2.82. The van der Waals surface area contributed by atoms with E-state index in [0.29, 0.717) is 10.2 Å². The summed E-state index contributed by atoms with van der Waals surface area (Å²) in [5.41, 5.74) is -0.860. The van der Waals surface area contributed by atoms with Crippen LogP contribution in [0.3, 0.4) is 0 Å². The molecule has 3 rings (SSSR count). The molecular formula is C18H15F4N3O2S. The minimum absolute atomic E-state index is 0.00838. The van der Waals surface area contributed by atoms with Crippen LogP contribution in [0, 0.1) is 12.7 Å². The highest BCUT2D eigenvalue weighted by Crippen LogP contribution is 2.42. The van der Waals surface area contributed by atoms with Crippen LogP contribution in [0.2, 0.25) is 0 Å². The summed E-state index contributed by atoms with van der Waals surface area (Å²) in [5.74, 6) is -0.648. The second-order valence-corrected chi connectivity index (χ2v) is 7.79. The zero-order valence-corrected chi connectivity index (χ0v) is 15.6. The van der Waals surface area contributed by atoms with Gasteiger partial charge in [0, 0.05) is 18.2 Å². The van der Waals surface area contributed by atoms with Gasteiger partial charge in [0.15, 0.2) is 5.69 Å². The van der Waals surface area contributed by atoms with Crippen molar-refractivity contribution in [3.63, 3.8) is 0 Å². The van der Waals surface area contributed by atoms with Crippen LogP contribution in [-0.2, 0) is 23.2 Å². The Kier molecular flexibility index (Phi) is 4.80. The number of sulfonamides is 1. The molecule has 0 spiro atoms. The third-order valence-corrected chi connectivity index (χ3v) is 5.16. The Morgan fingerprint density at radius 3 is 2.11 bits per heavy atom. The molecule has 1 aromatic heterocycles. The topological polar surface area (TPSA) is 78.0 Å². The first-order valence-corrected chi connectivity index (χ1v) is 9.48. The minimum Gasteiger partial charge on any atom is -0.262 e. The summed E-state index contributed by atoms with van der Waals surface area (Å²) < 4.78 is 78.5. The normalized spacial score (nSPS) is 12.4. The van der Waals surface area contributed by atoms with E-state index < -0.39 is 27.7 Å². The van der Waals surface area contributed by atoms with Gasteiger partial charge < -0.3 is 0 Å². The number of rotatable bonds is 3. The first-order valence-electron chi connectivity index (χ1n) is 7.93. The summed E-state index contributed by atoms with van der Waals surface area (Å²) >= 11 is 0. The fourth-order valence-corrected chi connectivity index (χ4v) is 3.39. The highest BCUT2D eigenvalue weighted by molar-refractivity contribution is 7.89. The molecule has 0 radical (unpaired) electrons. The van der Waals surface area contributed by atoms with Crippen LogP contribution in [0.15, 0.2) is 47.4 Å². The maximum Gasteiger partial charge on any atom is 0.433 e. The second-order valence-electron chi connectivity index (χ2n) is 6.23. The van der Waals surface area contributed by atoms with Crippen LogP contribution in [0.4, 0.5) is 17.6 Å². The Morgan fingerprint density at radius 2 is 1.61 bits per heavy atom. The maximum atomic E-state index is 14.0. The van der Waals surface area contributed by atoms with Gasteiger partial charge in [-0.25, -0.2) is 17.9 Å². The number of nitrogens with two attached hydrogens (primary N) is 1. The van der Waals surface area contributed by atoms with E-state index >= 15 is 0 Å². The molecule has 0 fully saturated rings. The monoisotopic (exact) mass is 413 g/mol. The van der Waals surface area contributed by atoms with E-state index in [1.807, 2.05) is 0 Å². The molecule has 2 N–H and O–H groups in total. The lowest BCUT2D eigenvalue weighted by Crippen LogP contribution is -2.13. The largest absolute Gasteiger partial charge is 0.433 e. The predicted molar refractivity (Wildman–Crippen MR) is 95.2 cm³/mol. The van der Waals surface area contributed by atoms with Crippen molar-refractivity contribution in [3.05, 3.63) is 59.5 Å². The number of aryl methyl sites for hydroxylation is 2. The molecule has 3 aromatic rings. The Morgan fingerprint density at radius 1 is 1.04 bits per heavy atom. The fraction of sp³-hybridized carbons (Fsp3) is 0.167. The molecule has 148 valence electrons. The molecule has 0 atom stereocenters. The minimum atomic E-state index is -4.74. The second kappa shape index (κ2) is 6.71. The SMILES string of the molecule is Cc1ccc(-c2c(-c3ccc(S(N)(=O)=O)cc3)nn(C)c2C(F)(F)F)cc1F. The number of alkyl halides is 3.